The van der Waals surface area contributed by atoms with E-state index in [0.717, 1.165) is 6.07 Å². The van der Waals surface area contributed by atoms with Crippen LogP contribution in [0.3, 0.4) is 0 Å². The van der Waals surface area contributed by atoms with Crippen LogP contribution in [-0.4, -0.2) is 18.3 Å². The number of nitrogens with zero attached hydrogens (tertiary/aromatic N) is 1. The lowest BCUT2D eigenvalue weighted by Gasteiger charge is -2.09. The first-order valence-corrected chi connectivity index (χ1v) is 4.68. The van der Waals surface area contributed by atoms with E-state index in [0.29, 0.717) is 0 Å². The zero-order valence-corrected chi connectivity index (χ0v) is 9.34. The normalized spacial score (nSPS) is 9.53. The summed E-state index contributed by atoms with van der Waals surface area (Å²) in [6.07, 6.45) is 1.31. The predicted molar refractivity (Wildman–Crippen MR) is 54.1 cm³/mol. The standard InChI is InChI=1S/C9H7BrFNO3/c1-15-7-2-6(11)8(10)5(9(7)14)3-12-4-13/h2,14H,3H2,1H3. The third-order valence-electron chi connectivity index (χ3n) is 1.77. The van der Waals surface area contributed by atoms with Crippen molar-refractivity contribution in [3.8, 4) is 11.5 Å². The zero-order chi connectivity index (χ0) is 11.4. The molecule has 1 aromatic carbocycles. The Morgan fingerprint density at radius 1 is 1.73 bits per heavy atom. The van der Waals surface area contributed by atoms with Crippen LogP contribution in [0.1, 0.15) is 5.56 Å². The lowest BCUT2D eigenvalue weighted by Crippen LogP contribution is -1.93. The fourth-order valence-corrected chi connectivity index (χ4v) is 1.48. The van der Waals surface area contributed by atoms with E-state index in [-0.39, 0.29) is 28.1 Å². The van der Waals surface area contributed by atoms with Crippen molar-refractivity contribution >= 4 is 22.0 Å². The molecule has 0 radical (unpaired) electrons. The van der Waals surface area contributed by atoms with E-state index in [1.807, 2.05) is 0 Å². The first-order chi connectivity index (χ1) is 7.11. The third kappa shape index (κ3) is 2.34. The number of isocyanates is 1. The van der Waals surface area contributed by atoms with E-state index in [4.69, 9.17) is 4.74 Å². The van der Waals surface area contributed by atoms with Crippen LogP contribution in [0.5, 0.6) is 11.5 Å². The Balaban J connectivity index is 3.32. The monoisotopic (exact) mass is 275 g/mol. The molecule has 0 saturated carbocycles. The minimum Gasteiger partial charge on any atom is -0.504 e. The van der Waals surface area contributed by atoms with Crippen molar-refractivity contribution in [2.75, 3.05) is 7.11 Å². The second-order valence-electron chi connectivity index (χ2n) is 2.61. The molecule has 0 amide bonds. The van der Waals surface area contributed by atoms with Crippen LogP contribution in [0.25, 0.3) is 0 Å². The van der Waals surface area contributed by atoms with Crippen molar-refractivity contribution in [2.45, 2.75) is 6.54 Å². The zero-order valence-electron chi connectivity index (χ0n) is 7.75. The first kappa shape index (κ1) is 11.7. The summed E-state index contributed by atoms with van der Waals surface area (Å²) >= 11 is 2.94. The van der Waals surface area contributed by atoms with Crippen molar-refractivity contribution in [1.82, 2.24) is 0 Å². The molecule has 1 aromatic rings. The van der Waals surface area contributed by atoms with Gasteiger partial charge in [-0.05, 0) is 15.9 Å². The van der Waals surface area contributed by atoms with Gasteiger partial charge in [-0.25, -0.2) is 14.2 Å². The topological polar surface area (TPSA) is 58.9 Å². The van der Waals surface area contributed by atoms with E-state index in [9.17, 15) is 14.3 Å². The number of aromatic hydroxyl groups is 1. The predicted octanol–water partition coefficient (Wildman–Crippen LogP) is 2.14. The Hall–Kier alpha value is -1.39. The molecule has 0 aliphatic rings. The van der Waals surface area contributed by atoms with Crippen LogP contribution < -0.4 is 4.74 Å². The molecule has 0 atom stereocenters. The molecule has 0 bridgehead atoms. The maximum atomic E-state index is 13.3. The number of hydrogen-bond acceptors (Lipinski definition) is 4. The van der Waals surface area contributed by atoms with E-state index in [1.54, 1.807) is 0 Å². The highest BCUT2D eigenvalue weighted by atomic mass is 79.9. The molecule has 0 unspecified atom stereocenters. The molecule has 0 aromatic heterocycles. The Labute approximate surface area is 93.5 Å². The van der Waals surface area contributed by atoms with Crippen LogP contribution >= 0.6 is 15.9 Å². The molecule has 0 heterocycles. The Bertz CT molecular complexity index is 430. The molecule has 6 heteroatoms. The number of carbonyl (C=O) groups excluding carboxylic acids is 1. The fourth-order valence-electron chi connectivity index (χ4n) is 1.05. The Kier molecular flexibility index (Phi) is 3.82. The smallest absolute Gasteiger partial charge is 0.235 e. The number of phenols is 1. The maximum absolute atomic E-state index is 13.3. The average Bonchev–Trinajstić information content (AvgIpc) is 2.23. The summed E-state index contributed by atoms with van der Waals surface area (Å²) in [6, 6.07) is 1.04. The molecule has 0 aliphatic heterocycles. The van der Waals surface area contributed by atoms with Gasteiger partial charge in [-0.15, -0.1) is 0 Å². The molecule has 0 spiro atoms. The van der Waals surface area contributed by atoms with Crippen molar-refractivity contribution < 1.29 is 19.0 Å². The van der Waals surface area contributed by atoms with Gasteiger partial charge in [-0.3, -0.25) is 0 Å². The summed E-state index contributed by atoms with van der Waals surface area (Å²) in [6.45, 7) is -0.163. The molecular weight excluding hydrogens is 269 g/mol. The van der Waals surface area contributed by atoms with Crippen LogP contribution in [-0.2, 0) is 11.3 Å². The molecular formula is C9H7BrFNO3. The molecule has 0 fully saturated rings. The second kappa shape index (κ2) is 4.91. The molecule has 80 valence electrons. The summed E-state index contributed by atoms with van der Waals surface area (Å²) in [5.41, 5.74) is 0.148. The molecule has 1 rings (SSSR count). The lowest BCUT2D eigenvalue weighted by molar-refractivity contribution is 0.366. The van der Waals surface area contributed by atoms with Gasteiger partial charge in [0.1, 0.15) is 5.82 Å². The summed E-state index contributed by atoms with van der Waals surface area (Å²) in [5, 5.41) is 9.61. The van der Waals surface area contributed by atoms with E-state index in [2.05, 4.69) is 20.9 Å². The number of hydrogen-bond donors (Lipinski definition) is 1. The van der Waals surface area contributed by atoms with Crippen molar-refractivity contribution in [3.63, 3.8) is 0 Å². The minimum atomic E-state index is -0.597. The summed E-state index contributed by atoms with van der Waals surface area (Å²) in [5.74, 6) is -0.850. The number of benzene rings is 1. The highest BCUT2D eigenvalue weighted by Gasteiger charge is 2.16. The van der Waals surface area contributed by atoms with Crippen molar-refractivity contribution in [1.29, 1.82) is 0 Å². The van der Waals surface area contributed by atoms with E-state index >= 15 is 0 Å². The van der Waals surface area contributed by atoms with Gasteiger partial charge in [0, 0.05) is 11.6 Å². The molecule has 0 saturated heterocycles. The third-order valence-corrected chi connectivity index (χ3v) is 2.63. The molecule has 4 nitrogen and oxygen atoms in total. The lowest BCUT2D eigenvalue weighted by atomic mass is 10.2. The van der Waals surface area contributed by atoms with Gasteiger partial charge >= 0.3 is 0 Å². The van der Waals surface area contributed by atoms with Gasteiger partial charge in [0.05, 0.1) is 18.1 Å². The number of rotatable bonds is 3. The highest BCUT2D eigenvalue weighted by Crippen LogP contribution is 2.37. The van der Waals surface area contributed by atoms with Crippen molar-refractivity contribution in [2.24, 2.45) is 4.99 Å². The number of ether oxygens (including phenoxy) is 1. The average molecular weight is 276 g/mol. The first-order valence-electron chi connectivity index (χ1n) is 3.89. The minimum absolute atomic E-state index is 0.00759. The van der Waals surface area contributed by atoms with Gasteiger partial charge in [0.15, 0.2) is 11.5 Å². The second-order valence-corrected chi connectivity index (χ2v) is 3.40. The van der Waals surface area contributed by atoms with Crippen molar-refractivity contribution in [3.05, 3.63) is 21.9 Å². The van der Waals surface area contributed by atoms with E-state index < -0.39 is 5.82 Å². The van der Waals surface area contributed by atoms with Gasteiger partial charge < -0.3 is 9.84 Å². The Morgan fingerprint density at radius 3 is 2.93 bits per heavy atom. The SMILES string of the molecule is COc1cc(F)c(Br)c(CN=C=O)c1O. The summed E-state index contributed by atoms with van der Waals surface area (Å²) < 4.78 is 18.1. The number of phenolic OH excluding ortho intramolecular Hbond substituents is 1. The molecule has 15 heavy (non-hydrogen) atoms. The summed E-state index contributed by atoms with van der Waals surface area (Å²) in [7, 11) is 1.30. The van der Waals surface area contributed by atoms with Gasteiger partial charge in [-0.2, -0.15) is 0 Å². The number of methoxy groups -OCH3 is 1. The molecule has 0 aliphatic carbocycles. The fraction of sp³-hybridized carbons (Fsp3) is 0.222. The van der Waals surface area contributed by atoms with Crippen LogP contribution in [0.2, 0.25) is 0 Å². The van der Waals surface area contributed by atoms with E-state index in [1.165, 1.54) is 13.2 Å². The highest BCUT2D eigenvalue weighted by molar-refractivity contribution is 9.10. The number of aliphatic imine (C=N–C) groups is 1. The molecule has 1 N–H and O–H groups in total. The van der Waals surface area contributed by atoms with Crippen LogP contribution in [0, 0.1) is 5.82 Å². The quantitative estimate of drug-likeness (QED) is 0.679. The van der Waals surface area contributed by atoms with Crippen LogP contribution in [0.4, 0.5) is 4.39 Å². The largest absolute Gasteiger partial charge is 0.504 e. The summed E-state index contributed by atoms with van der Waals surface area (Å²) in [4.78, 5) is 13.2. The number of halogens is 2. The van der Waals surface area contributed by atoms with Crippen LogP contribution in [0.15, 0.2) is 15.5 Å². The van der Waals surface area contributed by atoms with Gasteiger partial charge in [-0.1, -0.05) is 0 Å². The maximum Gasteiger partial charge on any atom is 0.235 e. The van der Waals surface area contributed by atoms with Gasteiger partial charge in [0.25, 0.3) is 0 Å². The Morgan fingerprint density at radius 2 is 2.40 bits per heavy atom. The van der Waals surface area contributed by atoms with Gasteiger partial charge in [0.2, 0.25) is 6.08 Å².